The van der Waals surface area contributed by atoms with E-state index in [4.69, 9.17) is 23.2 Å². The molecule has 1 fully saturated rings. The molecule has 1 heterocycles. The Morgan fingerprint density at radius 2 is 1.95 bits per heavy atom. The molecule has 0 aromatic heterocycles. The quantitative estimate of drug-likeness (QED) is 0.885. The molecule has 1 aromatic rings. The smallest absolute Gasteiger partial charge is 0.255 e. The third-order valence-electron chi connectivity index (χ3n) is 3.88. The van der Waals surface area contributed by atoms with Crippen molar-refractivity contribution in [2.75, 3.05) is 19.6 Å². The lowest BCUT2D eigenvalue weighted by Gasteiger charge is -2.31. The molecular weight excluding hydrogens is 327 g/mol. The van der Waals surface area contributed by atoms with Gasteiger partial charge in [0.25, 0.3) is 5.91 Å². The molecule has 0 bridgehead atoms. The Bertz CT molecular complexity index is 584. The van der Waals surface area contributed by atoms with Gasteiger partial charge in [0.2, 0.25) is 5.91 Å². The van der Waals surface area contributed by atoms with E-state index in [1.54, 1.807) is 11.8 Å². The van der Waals surface area contributed by atoms with Crippen LogP contribution in [0.4, 0.5) is 0 Å². The van der Waals surface area contributed by atoms with Gasteiger partial charge in [-0.05, 0) is 30.9 Å². The molecule has 2 amide bonds. The highest BCUT2D eigenvalue weighted by atomic mass is 35.5. The second-order valence-corrected chi connectivity index (χ2v) is 6.29. The zero-order valence-corrected chi connectivity index (χ0v) is 13.7. The summed E-state index contributed by atoms with van der Waals surface area (Å²) in [5.41, 5.74) is 0.0682. The van der Waals surface area contributed by atoms with Gasteiger partial charge in [0.05, 0.1) is 10.6 Å². The van der Waals surface area contributed by atoms with E-state index in [1.807, 2.05) is 0 Å². The molecule has 7 heteroatoms. The van der Waals surface area contributed by atoms with Gasteiger partial charge in [0.1, 0.15) is 5.75 Å². The van der Waals surface area contributed by atoms with Gasteiger partial charge >= 0.3 is 0 Å². The third-order valence-corrected chi connectivity index (χ3v) is 4.39. The lowest BCUT2D eigenvalue weighted by atomic mass is 9.96. The number of carbonyl (C=O) groups excluding carboxylic acids is 2. The van der Waals surface area contributed by atoms with Crippen LogP contribution in [-0.2, 0) is 4.79 Å². The van der Waals surface area contributed by atoms with E-state index in [-0.39, 0.29) is 22.2 Å². The van der Waals surface area contributed by atoms with Crippen molar-refractivity contribution in [3.8, 4) is 5.75 Å². The summed E-state index contributed by atoms with van der Waals surface area (Å²) in [5.74, 6) is -0.275. The number of hydrogen-bond acceptors (Lipinski definition) is 3. The second-order valence-electron chi connectivity index (χ2n) is 5.44. The molecule has 0 radical (unpaired) electrons. The second kappa shape index (κ2) is 7.20. The monoisotopic (exact) mass is 344 g/mol. The first kappa shape index (κ1) is 16.9. The summed E-state index contributed by atoms with van der Waals surface area (Å²) in [6.45, 7) is 3.48. The fourth-order valence-electron chi connectivity index (χ4n) is 2.52. The molecule has 0 saturated carbocycles. The molecule has 0 atom stereocenters. The van der Waals surface area contributed by atoms with Gasteiger partial charge in [0, 0.05) is 31.6 Å². The summed E-state index contributed by atoms with van der Waals surface area (Å²) in [6, 6.07) is 2.77. The Balaban J connectivity index is 1.90. The van der Waals surface area contributed by atoms with E-state index < -0.39 is 5.91 Å². The number of carbonyl (C=O) groups is 2. The van der Waals surface area contributed by atoms with E-state index in [2.05, 4.69) is 5.32 Å². The Morgan fingerprint density at radius 3 is 2.55 bits per heavy atom. The van der Waals surface area contributed by atoms with Gasteiger partial charge < -0.3 is 15.3 Å². The van der Waals surface area contributed by atoms with Crippen LogP contribution in [0.25, 0.3) is 0 Å². The normalized spacial score (nSPS) is 15.7. The Labute approximate surface area is 139 Å². The molecule has 120 valence electrons. The zero-order valence-electron chi connectivity index (χ0n) is 12.2. The van der Waals surface area contributed by atoms with Crippen LogP contribution in [0.2, 0.25) is 10.0 Å². The largest absolute Gasteiger partial charge is 0.506 e. The van der Waals surface area contributed by atoms with Gasteiger partial charge in [-0.15, -0.1) is 0 Å². The predicted octanol–water partition coefficient (Wildman–Crippen LogP) is 2.69. The minimum atomic E-state index is -0.407. The van der Waals surface area contributed by atoms with Crippen LogP contribution in [0.15, 0.2) is 12.1 Å². The molecule has 1 saturated heterocycles. The standard InChI is InChI=1S/C15H18Cl2N2O3/c1-9(20)19-4-2-10(3-5-19)8-18-15(22)12-6-11(16)7-13(17)14(12)21/h6-7,10,21H,2-5,8H2,1H3,(H,18,22). The fourth-order valence-corrected chi connectivity index (χ4v) is 3.02. The van der Waals surface area contributed by atoms with Crippen LogP contribution in [-0.4, -0.2) is 41.5 Å². The number of amides is 2. The average Bonchev–Trinajstić information content (AvgIpc) is 2.48. The Hall–Kier alpha value is -1.46. The molecule has 22 heavy (non-hydrogen) atoms. The number of hydrogen-bond donors (Lipinski definition) is 2. The highest BCUT2D eigenvalue weighted by Gasteiger charge is 2.22. The molecule has 0 aliphatic carbocycles. The highest BCUT2D eigenvalue weighted by molar-refractivity contribution is 6.36. The maximum absolute atomic E-state index is 12.1. The molecule has 2 rings (SSSR count). The van der Waals surface area contributed by atoms with E-state index >= 15 is 0 Å². The summed E-state index contributed by atoms with van der Waals surface area (Å²) < 4.78 is 0. The number of nitrogens with one attached hydrogen (secondary N) is 1. The van der Waals surface area contributed by atoms with Crippen molar-refractivity contribution < 1.29 is 14.7 Å². The maximum atomic E-state index is 12.1. The lowest BCUT2D eigenvalue weighted by molar-refractivity contribution is -0.130. The van der Waals surface area contributed by atoms with Crippen molar-refractivity contribution in [1.82, 2.24) is 10.2 Å². The van der Waals surface area contributed by atoms with Crippen molar-refractivity contribution in [3.05, 3.63) is 27.7 Å². The van der Waals surface area contributed by atoms with Crippen molar-refractivity contribution in [2.45, 2.75) is 19.8 Å². The van der Waals surface area contributed by atoms with E-state index in [9.17, 15) is 14.7 Å². The molecule has 1 aliphatic rings. The summed E-state index contributed by atoms with van der Waals surface area (Å²) in [7, 11) is 0. The number of rotatable bonds is 3. The number of benzene rings is 1. The van der Waals surface area contributed by atoms with Crippen molar-refractivity contribution in [2.24, 2.45) is 5.92 Å². The Kier molecular flexibility index (Phi) is 5.53. The molecular formula is C15H18Cl2N2O3. The first-order chi connectivity index (χ1) is 10.4. The lowest BCUT2D eigenvalue weighted by Crippen LogP contribution is -2.40. The summed E-state index contributed by atoms with van der Waals surface area (Å²) in [5, 5.41) is 13.0. The van der Waals surface area contributed by atoms with E-state index in [0.717, 1.165) is 12.8 Å². The average molecular weight is 345 g/mol. The fraction of sp³-hybridized carbons (Fsp3) is 0.467. The number of piperidine rings is 1. The molecule has 2 N–H and O–H groups in total. The number of likely N-dealkylation sites (tertiary alicyclic amines) is 1. The first-order valence-corrected chi connectivity index (χ1v) is 7.85. The number of nitrogens with zero attached hydrogens (tertiary/aromatic N) is 1. The van der Waals surface area contributed by atoms with Crippen LogP contribution in [0.1, 0.15) is 30.1 Å². The Morgan fingerprint density at radius 1 is 1.32 bits per heavy atom. The third kappa shape index (κ3) is 4.05. The number of halogens is 2. The minimum Gasteiger partial charge on any atom is -0.506 e. The van der Waals surface area contributed by atoms with Crippen molar-refractivity contribution in [3.63, 3.8) is 0 Å². The summed E-state index contributed by atoms with van der Waals surface area (Å²) in [4.78, 5) is 25.2. The number of phenolic OH excluding ortho intramolecular Hbond substituents is 1. The van der Waals surface area contributed by atoms with Crippen LogP contribution in [0.5, 0.6) is 5.75 Å². The van der Waals surface area contributed by atoms with Crippen molar-refractivity contribution in [1.29, 1.82) is 0 Å². The molecule has 0 spiro atoms. The van der Waals surface area contributed by atoms with E-state index in [0.29, 0.717) is 30.6 Å². The first-order valence-electron chi connectivity index (χ1n) is 7.10. The van der Waals surface area contributed by atoms with Crippen LogP contribution >= 0.6 is 23.2 Å². The van der Waals surface area contributed by atoms with Crippen LogP contribution < -0.4 is 5.32 Å². The summed E-state index contributed by atoms with van der Waals surface area (Å²) in [6.07, 6.45) is 1.70. The van der Waals surface area contributed by atoms with Crippen LogP contribution in [0.3, 0.4) is 0 Å². The minimum absolute atomic E-state index is 0.0485. The highest BCUT2D eigenvalue weighted by Crippen LogP contribution is 2.31. The molecule has 5 nitrogen and oxygen atoms in total. The zero-order chi connectivity index (χ0) is 16.3. The predicted molar refractivity (Wildman–Crippen MR) is 85.4 cm³/mol. The van der Waals surface area contributed by atoms with Crippen molar-refractivity contribution >= 4 is 35.0 Å². The number of aromatic hydroxyl groups is 1. The van der Waals surface area contributed by atoms with Gasteiger partial charge in [-0.3, -0.25) is 9.59 Å². The van der Waals surface area contributed by atoms with Gasteiger partial charge in [-0.2, -0.15) is 0 Å². The van der Waals surface area contributed by atoms with Gasteiger partial charge in [0.15, 0.2) is 0 Å². The van der Waals surface area contributed by atoms with Gasteiger partial charge in [-0.1, -0.05) is 23.2 Å². The SMILES string of the molecule is CC(=O)N1CCC(CNC(=O)c2cc(Cl)cc(Cl)c2O)CC1. The maximum Gasteiger partial charge on any atom is 0.255 e. The molecule has 1 aliphatic heterocycles. The number of phenols is 1. The van der Waals surface area contributed by atoms with Gasteiger partial charge in [-0.25, -0.2) is 0 Å². The summed E-state index contributed by atoms with van der Waals surface area (Å²) >= 11 is 11.7. The van der Waals surface area contributed by atoms with Crippen LogP contribution in [0, 0.1) is 5.92 Å². The molecule has 1 aromatic carbocycles. The molecule has 0 unspecified atom stereocenters. The van der Waals surface area contributed by atoms with E-state index in [1.165, 1.54) is 12.1 Å². The topological polar surface area (TPSA) is 69.6 Å².